The third-order valence-corrected chi connectivity index (χ3v) is 5.12. The average molecular weight is 419 g/mol. The van der Waals surface area contributed by atoms with Gasteiger partial charge in [-0.3, -0.25) is 14.3 Å². The first kappa shape index (κ1) is 20.8. The number of aromatic nitrogens is 4. The predicted molar refractivity (Wildman–Crippen MR) is 114 cm³/mol. The van der Waals surface area contributed by atoms with Crippen molar-refractivity contribution < 1.29 is 4.52 Å². The van der Waals surface area contributed by atoms with Gasteiger partial charge in [0.1, 0.15) is 11.5 Å². The van der Waals surface area contributed by atoms with Gasteiger partial charge in [-0.05, 0) is 23.8 Å². The molecule has 0 saturated carbocycles. The number of nitrogens with two attached hydrogens (primary N) is 1. The third-order valence-electron chi connectivity index (χ3n) is 4.43. The summed E-state index contributed by atoms with van der Waals surface area (Å²) in [6, 6.07) is 1.92. The van der Waals surface area contributed by atoms with E-state index in [1.165, 1.54) is 4.57 Å². The smallest absolute Gasteiger partial charge is 0.330 e. The van der Waals surface area contributed by atoms with Crippen LogP contribution in [0.4, 0.5) is 11.5 Å². The summed E-state index contributed by atoms with van der Waals surface area (Å²) in [4.78, 5) is 33.5. The van der Waals surface area contributed by atoms with Gasteiger partial charge < -0.3 is 15.2 Å². The summed E-state index contributed by atoms with van der Waals surface area (Å²) in [7, 11) is 0. The van der Waals surface area contributed by atoms with Crippen LogP contribution in [0.1, 0.15) is 39.5 Å². The number of nitrogens with one attached hydrogen (secondary N) is 1. The standard InChI is InChI=1S/C19H26N6O3S/c1-4-5-7-24(10-14-21-17(23-28-14)13-6-8-29-11-13)15-16(20)25(9-12(2)3)19(27)22-18(15)26/h6,8,11-12H,4-5,7,9-10,20H2,1-3H3,(H,22,26,27). The van der Waals surface area contributed by atoms with Gasteiger partial charge in [0.05, 0.1) is 6.54 Å². The molecule has 0 aliphatic carbocycles. The minimum absolute atomic E-state index is 0.154. The van der Waals surface area contributed by atoms with E-state index in [0.717, 1.165) is 18.4 Å². The Balaban J connectivity index is 1.97. The van der Waals surface area contributed by atoms with Crippen molar-refractivity contribution in [1.29, 1.82) is 0 Å². The highest BCUT2D eigenvalue weighted by Crippen LogP contribution is 2.22. The van der Waals surface area contributed by atoms with Gasteiger partial charge in [-0.25, -0.2) is 4.79 Å². The van der Waals surface area contributed by atoms with E-state index in [9.17, 15) is 9.59 Å². The maximum absolute atomic E-state index is 12.6. The molecule has 0 saturated heterocycles. The highest BCUT2D eigenvalue weighted by molar-refractivity contribution is 7.08. The lowest BCUT2D eigenvalue weighted by Crippen LogP contribution is -2.39. The van der Waals surface area contributed by atoms with Crippen molar-refractivity contribution in [2.75, 3.05) is 17.2 Å². The van der Waals surface area contributed by atoms with Crippen molar-refractivity contribution >= 4 is 22.8 Å². The maximum Gasteiger partial charge on any atom is 0.330 e. The Morgan fingerprint density at radius 1 is 1.38 bits per heavy atom. The fraction of sp³-hybridized carbons (Fsp3) is 0.474. The molecule has 0 spiro atoms. The molecule has 0 aliphatic rings. The number of nitrogens with zero attached hydrogens (tertiary/aromatic N) is 4. The van der Waals surface area contributed by atoms with Crippen molar-refractivity contribution in [3.8, 4) is 11.4 Å². The number of thiophene rings is 1. The van der Waals surface area contributed by atoms with Gasteiger partial charge in [0, 0.05) is 24.0 Å². The molecule has 9 nitrogen and oxygen atoms in total. The monoisotopic (exact) mass is 418 g/mol. The van der Waals surface area contributed by atoms with E-state index in [2.05, 4.69) is 22.0 Å². The zero-order valence-corrected chi connectivity index (χ0v) is 17.7. The SMILES string of the molecule is CCCCN(Cc1nc(-c2ccsc2)no1)c1c(N)n(CC(C)C)c(=O)[nH]c1=O. The molecular weight excluding hydrogens is 392 g/mol. The van der Waals surface area contributed by atoms with E-state index >= 15 is 0 Å². The van der Waals surface area contributed by atoms with Gasteiger partial charge >= 0.3 is 5.69 Å². The summed E-state index contributed by atoms with van der Waals surface area (Å²) >= 11 is 1.55. The molecule has 10 heteroatoms. The molecule has 29 heavy (non-hydrogen) atoms. The van der Waals surface area contributed by atoms with Crippen molar-refractivity contribution in [1.82, 2.24) is 19.7 Å². The first-order chi connectivity index (χ1) is 13.9. The lowest BCUT2D eigenvalue weighted by Gasteiger charge is -2.25. The third kappa shape index (κ3) is 4.76. The van der Waals surface area contributed by atoms with Crippen LogP contribution in [0.2, 0.25) is 0 Å². The first-order valence-corrected chi connectivity index (χ1v) is 10.6. The Labute approximate surface area is 172 Å². The van der Waals surface area contributed by atoms with Crippen LogP contribution in [0.15, 0.2) is 30.9 Å². The number of anilines is 2. The summed E-state index contributed by atoms with van der Waals surface area (Å²) < 4.78 is 6.81. The number of H-pyrrole nitrogens is 1. The van der Waals surface area contributed by atoms with Gasteiger partial charge in [0.2, 0.25) is 11.7 Å². The van der Waals surface area contributed by atoms with E-state index < -0.39 is 11.2 Å². The number of hydrogen-bond acceptors (Lipinski definition) is 8. The van der Waals surface area contributed by atoms with Crippen LogP contribution in [0, 0.1) is 5.92 Å². The molecule has 0 unspecified atom stereocenters. The number of aromatic amines is 1. The van der Waals surface area contributed by atoms with Gasteiger partial charge in [-0.15, -0.1) is 0 Å². The molecule has 0 aromatic carbocycles. The number of rotatable bonds is 9. The Morgan fingerprint density at radius 3 is 2.83 bits per heavy atom. The van der Waals surface area contributed by atoms with E-state index in [1.807, 2.05) is 30.7 Å². The van der Waals surface area contributed by atoms with Crippen LogP contribution in [-0.2, 0) is 13.1 Å². The van der Waals surface area contributed by atoms with Crippen molar-refractivity contribution in [2.24, 2.45) is 5.92 Å². The maximum atomic E-state index is 12.6. The summed E-state index contributed by atoms with van der Waals surface area (Å²) in [6.07, 6.45) is 1.78. The van der Waals surface area contributed by atoms with E-state index in [-0.39, 0.29) is 24.0 Å². The van der Waals surface area contributed by atoms with Crippen LogP contribution in [0.5, 0.6) is 0 Å². The highest BCUT2D eigenvalue weighted by atomic mass is 32.1. The van der Waals surface area contributed by atoms with Crippen molar-refractivity contribution in [3.05, 3.63) is 43.6 Å². The van der Waals surface area contributed by atoms with Gasteiger partial charge in [-0.1, -0.05) is 32.3 Å². The second kappa shape index (κ2) is 9.08. The highest BCUT2D eigenvalue weighted by Gasteiger charge is 2.21. The topological polar surface area (TPSA) is 123 Å². The summed E-state index contributed by atoms with van der Waals surface area (Å²) in [6.45, 7) is 7.24. The van der Waals surface area contributed by atoms with Crippen LogP contribution >= 0.6 is 11.3 Å². The minimum Gasteiger partial charge on any atom is -0.383 e. The van der Waals surface area contributed by atoms with Crippen LogP contribution in [0.25, 0.3) is 11.4 Å². The first-order valence-electron chi connectivity index (χ1n) is 9.63. The molecule has 3 rings (SSSR count). The number of hydrogen-bond donors (Lipinski definition) is 2. The Morgan fingerprint density at radius 2 is 2.17 bits per heavy atom. The molecule has 0 atom stereocenters. The Kier molecular flexibility index (Phi) is 6.53. The van der Waals surface area contributed by atoms with Gasteiger partial charge in [0.15, 0.2) is 0 Å². The number of nitrogen functional groups attached to an aromatic ring is 1. The predicted octanol–water partition coefficient (Wildman–Crippen LogP) is 2.69. The second-order valence-electron chi connectivity index (χ2n) is 7.30. The lowest BCUT2D eigenvalue weighted by molar-refractivity contribution is 0.376. The molecule has 3 heterocycles. The van der Waals surface area contributed by atoms with Gasteiger partial charge in [0.25, 0.3) is 5.56 Å². The van der Waals surface area contributed by atoms with E-state index in [1.54, 1.807) is 16.2 Å². The quantitative estimate of drug-likeness (QED) is 0.547. The Hall–Kier alpha value is -2.88. The van der Waals surface area contributed by atoms with Crippen LogP contribution < -0.4 is 21.9 Å². The average Bonchev–Trinajstić information content (AvgIpc) is 3.34. The summed E-state index contributed by atoms with van der Waals surface area (Å²) in [5.74, 6) is 1.23. The molecule has 0 radical (unpaired) electrons. The van der Waals surface area contributed by atoms with E-state index in [0.29, 0.717) is 24.8 Å². The van der Waals surface area contributed by atoms with Crippen molar-refractivity contribution in [2.45, 2.75) is 46.7 Å². The molecule has 0 bridgehead atoms. The molecule has 156 valence electrons. The molecule has 3 N–H and O–H groups in total. The lowest BCUT2D eigenvalue weighted by atomic mass is 10.2. The van der Waals surface area contributed by atoms with E-state index in [4.69, 9.17) is 10.3 Å². The fourth-order valence-corrected chi connectivity index (χ4v) is 3.67. The van der Waals surface area contributed by atoms with Gasteiger partial charge in [-0.2, -0.15) is 16.3 Å². The summed E-state index contributed by atoms with van der Waals surface area (Å²) in [5.41, 5.74) is 6.40. The molecular formula is C19H26N6O3S. The normalized spacial score (nSPS) is 11.3. The molecule has 0 aliphatic heterocycles. The minimum atomic E-state index is -0.513. The zero-order chi connectivity index (χ0) is 21.0. The number of unbranched alkanes of at least 4 members (excludes halogenated alkanes) is 1. The zero-order valence-electron chi connectivity index (χ0n) is 16.8. The largest absolute Gasteiger partial charge is 0.383 e. The Bertz CT molecular complexity index is 1050. The molecule has 3 aromatic rings. The van der Waals surface area contributed by atoms with Crippen molar-refractivity contribution in [3.63, 3.8) is 0 Å². The summed E-state index contributed by atoms with van der Waals surface area (Å²) in [5, 5.41) is 7.90. The fourth-order valence-electron chi connectivity index (χ4n) is 3.04. The van der Waals surface area contributed by atoms with Crippen LogP contribution in [-0.4, -0.2) is 26.2 Å². The molecule has 0 fully saturated rings. The second-order valence-corrected chi connectivity index (χ2v) is 8.08. The van der Waals surface area contributed by atoms with Crippen LogP contribution in [0.3, 0.4) is 0 Å². The molecule has 3 aromatic heterocycles. The molecule has 0 amide bonds.